The lowest BCUT2D eigenvalue weighted by molar-refractivity contribution is 0.571. The Labute approximate surface area is 93.4 Å². The zero-order valence-electron chi connectivity index (χ0n) is 9.73. The van der Waals surface area contributed by atoms with Gasteiger partial charge in [-0.1, -0.05) is 0 Å². The Morgan fingerprint density at radius 3 is 1.20 bits per heavy atom. The van der Waals surface area contributed by atoms with E-state index in [1.165, 1.54) is 0 Å². The second-order valence-corrected chi connectivity index (χ2v) is 3.53. The number of rotatable bonds is 12. The minimum atomic E-state index is 0.769. The summed E-state index contributed by atoms with van der Waals surface area (Å²) in [6.45, 7) is 7.65. The molecule has 0 amide bonds. The first-order chi connectivity index (χ1) is 7.41. The van der Waals surface area contributed by atoms with Crippen LogP contribution in [0.1, 0.15) is 12.8 Å². The predicted molar refractivity (Wildman–Crippen MR) is 66.0 cm³/mol. The summed E-state index contributed by atoms with van der Waals surface area (Å²) < 4.78 is 0. The van der Waals surface area contributed by atoms with Crippen LogP contribution in [0.4, 0.5) is 0 Å². The van der Waals surface area contributed by atoms with Gasteiger partial charge in [-0.2, -0.15) is 0 Å². The highest BCUT2D eigenvalue weighted by Gasteiger charge is 1.88. The third-order valence-corrected chi connectivity index (χ3v) is 2.07. The van der Waals surface area contributed by atoms with E-state index in [-0.39, 0.29) is 0 Å². The largest absolute Gasteiger partial charge is 0.330 e. The number of nitrogens with two attached hydrogens (primary N) is 2. The third kappa shape index (κ3) is 13.8. The Morgan fingerprint density at radius 2 is 0.867 bits per heavy atom. The second kappa shape index (κ2) is 13.8. The van der Waals surface area contributed by atoms with E-state index in [9.17, 15) is 0 Å². The van der Waals surface area contributed by atoms with Crippen molar-refractivity contribution >= 4 is 0 Å². The first-order valence-electron chi connectivity index (χ1n) is 5.94. The Hall–Kier alpha value is -0.200. The molecule has 0 rings (SSSR count). The van der Waals surface area contributed by atoms with Crippen molar-refractivity contribution in [1.29, 1.82) is 0 Å². The molecule has 0 spiro atoms. The summed E-state index contributed by atoms with van der Waals surface area (Å²) in [5, 5.41) is 9.99. The molecule has 0 aromatic rings. The molecule has 0 radical (unpaired) electrons. The van der Waals surface area contributed by atoms with Crippen LogP contribution in [0.15, 0.2) is 0 Å². The summed E-state index contributed by atoms with van der Waals surface area (Å²) >= 11 is 0. The lowest BCUT2D eigenvalue weighted by Gasteiger charge is -2.07. The first kappa shape index (κ1) is 14.8. The molecule has 15 heavy (non-hydrogen) atoms. The molecule has 5 heteroatoms. The zero-order chi connectivity index (χ0) is 11.2. The van der Waals surface area contributed by atoms with Crippen LogP contribution >= 0.6 is 0 Å². The van der Waals surface area contributed by atoms with Crippen LogP contribution in [0.5, 0.6) is 0 Å². The topological polar surface area (TPSA) is 88.1 Å². The molecule has 0 saturated heterocycles. The molecule has 0 aromatic heterocycles. The van der Waals surface area contributed by atoms with E-state index in [1.54, 1.807) is 0 Å². The lowest BCUT2D eigenvalue weighted by Crippen LogP contribution is -2.33. The average Bonchev–Trinajstić information content (AvgIpc) is 2.26. The van der Waals surface area contributed by atoms with Crippen molar-refractivity contribution in [3.8, 4) is 0 Å². The molecule has 0 aliphatic heterocycles. The van der Waals surface area contributed by atoms with Crippen LogP contribution in [-0.4, -0.2) is 52.4 Å². The van der Waals surface area contributed by atoms with Gasteiger partial charge in [0.15, 0.2) is 0 Å². The standard InChI is InChI=1S/C10H27N5/c11-3-1-5-13-7-9-15-10-8-14-6-2-4-12/h13-15H,1-12H2. The molecule has 0 saturated carbocycles. The van der Waals surface area contributed by atoms with Crippen LogP contribution in [0.3, 0.4) is 0 Å². The molecule has 7 N–H and O–H groups in total. The molecule has 5 nitrogen and oxygen atoms in total. The van der Waals surface area contributed by atoms with Gasteiger partial charge in [0, 0.05) is 26.2 Å². The van der Waals surface area contributed by atoms with Gasteiger partial charge < -0.3 is 27.4 Å². The van der Waals surface area contributed by atoms with E-state index < -0.39 is 0 Å². The monoisotopic (exact) mass is 217 g/mol. The first-order valence-corrected chi connectivity index (χ1v) is 5.94. The van der Waals surface area contributed by atoms with Crippen LogP contribution in [-0.2, 0) is 0 Å². The Kier molecular flexibility index (Phi) is 13.6. The summed E-state index contributed by atoms with van der Waals surface area (Å²) in [5.41, 5.74) is 10.8. The van der Waals surface area contributed by atoms with Gasteiger partial charge in [0.05, 0.1) is 0 Å². The molecule has 0 aliphatic rings. The lowest BCUT2D eigenvalue weighted by atomic mass is 10.4. The van der Waals surface area contributed by atoms with Crippen LogP contribution in [0.25, 0.3) is 0 Å². The van der Waals surface area contributed by atoms with Crippen LogP contribution < -0.4 is 27.4 Å². The van der Waals surface area contributed by atoms with Gasteiger partial charge in [0.2, 0.25) is 0 Å². The number of nitrogens with one attached hydrogen (secondary N) is 3. The predicted octanol–water partition coefficient (Wildman–Crippen LogP) is -1.55. The Morgan fingerprint density at radius 1 is 0.533 bits per heavy atom. The van der Waals surface area contributed by atoms with E-state index in [4.69, 9.17) is 11.5 Å². The normalized spacial score (nSPS) is 10.8. The van der Waals surface area contributed by atoms with Gasteiger partial charge in [-0.15, -0.1) is 0 Å². The fraction of sp³-hybridized carbons (Fsp3) is 1.00. The van der Waals surface area contributed by atoms with Crippen LogP contribution in [0, 0.1) is 0 Å². The van der Waals surface area contributed by atoms with Crippen molar-refractivity contribution in [3.05, 3.63) is 0 Å². The molecule has 92 valence electrons. The molecule has 0 heterocycles. The SMILES string of the molecule is NCCCNCCNCCNCCCN. The van der Waals surface area contributed by atoms with Crippen molar-refractivity contribution in [1.82, 2.24) is 16.0 Å². The molecule has 0 unspecified atom stereocenters. The third-order valence-electron chi connectivity index (χ3n) is 2.07. The van der Waals surface area contributed by atoms with Crippen LogP contribution in [0.2, 0.25) is 0 Å². The van der Waals surface area contributed by atoms with Crippen molar-refractivity contribution in [3.63, 3.8) is 0 Å². The fourth-order valence-corrected chi connectivity index (χ4v) is 1.18. The summed E-state index contributed by atoms with van der Waals surface area (Å²) in [6, 6.07) is 0. The highest BCUT2D eigenvalue weighted by atomic mass is 15.0. The molecular formula is C10H27N5. The van der Waals surface area contributed by atoms with Crippen molar-refractivity contribution in [2.24, 2.45) is 11.5 Å². The molecule has 0 bridgehead atoms. The Balaban J connectivity index is 2.81. The molecule has 0 atom stereocenters. The highest BCUT2D eigenvalue weighted by molar-refractivity contribution is 4.55. The molecule has 0 aliphatic carbocycles. The van der Waals surface area contributed by atoms with E-state index >= 15 is 0 Å². The minimum Gasteiger partial charge on any atom is -0.330 e. The van der Waals surface area contributed by atoms with Gasteiger partial charge >= 0.3 is 0 Å². The maximum absolute atomic E-state index is 5.38. The number of hydrogen-bond donors (Lipinski definition) is 5. The highest BCUT2D eigenvalue weighted by Crippen LogP contribution is 1.70. The van der Waals surface area contributed by atoms with Crippen molar-refractivity contribution in [2.45, 2.75) is 12.8 Å². The maximum Gasteiger partial charge on any atom is 0.00772 e. The van der Waals surface area contributed by atoms with Crippen molar-refractivity contribution < 1.29 is 0 Å². The van der Waals surface area contributed by atoms with Gasteiger partial charge in [0.25, 0.3) is 0 Å². The van der Waals surface area contributed by atoms with E-state index in [0.29, 0.717) is 0 Å². The van der Waals surface area contributed by atoms with Gasteiger partial charge in [-0.05, 0) is 39.0 Å². The Bertz CT molecular complexity index is 98.0. The summed E-state index contributed by atoms with van der Waals surface area (Å²) in [4.78, 5) is 0. The molecular weight excluding hydrogens is 190 g/mol. The summed E-state index contributed by atoms with van der Waals surface area (Å²) in [6.07, 6.45) is 2.11. The fourth-order valence-electron chi connectivity index (χ4n) is 1.18. The average molecular weight is 217 g/mol. The smallest absolute Gasteiger partial charge is 0.00772 e. The van der Waals surface area contributed by atoms with Gasteiger partial charge in [-0.25, -0.2) is 0 Å². The summed E-state index contributed by atoms with van der Waals surface area (Å²) in [7, 11) is 0. The summed E-state index contributed by atoms with van der Waals surface area (Å²) in [5.74, 6) is 0. The molecule has 0 aromatic carbocycles. The minimum absolute atomic E-state index is 0.769. The van der Waals surface area contributed by atoms with Crippen molar-refractivity contribution in [2.75, 3.05) is 52.4 Å². The van der Waals surface area contributed by atoms with E-state index in [1.807, 2.05) is 0 Å². The van der Waals surface area contributed by atoms with E-state index in [0.717, 1.165) is 65.2 Å². The van der Waals surface area contributed by atoms with Gasteiger partial charge in [-0.3, -0.25) is 0 Å². The molecule has 0 fully saturated rings. The van der Waals surface area contributed by atoms with E-state index in [2.05, 4.69) is 16.0 Å². The second-order valence-electron chi connectivity index (χ2n) is 3.53. The number of hydrogen-bond acceptors (Lipinski definition) is 5. The quantitative estimate of drug-likeness (QED) is 0.256. The van der Waals surface area contributed by atoms with Gasteiger partial charge in [0.1, 0.15) is 0 Å². The zero-order valence-corrected chi connectivity index (χ0v) is 9.73. The maximum atomic E-state index is 5.38.